The van der Waals surface area contributed by atoms with E-state index < -0.39 is 0 Å². The van der Waals surface area contributed by atoms with Gasteiger partial charge in [-0.05, 0) is 39.3 Å². The summed E-state index contributed by atoms with van der Waals surface area (Å²) in [5.41, 5.74) is 0.961. The van der Waals surface area contributed by atoms with Crippen LogP contribution in [0.25, 0.3) is 0 Å². The Kier molecular flexibility index (Phi) is 6.17. The van der Waals surface area contributed by atoms with E-state index in [0.717, 1.165) is 19.4 Å². The number of halogens is 1. The lowest BCUT2D eigenvalue weighted by atomic mass is 9.99. The SMILES string of the molecule is CC(=O)c1ccccc1C(=O)NC1CCNC(C)C1.Cl. The molecule has 1 fully saturated rings. The minimum Gasteiger partial charge on any atom is -0.349 e. The van der Waals surface area contributed by atoms with E-state index in [1.807, 2.05) is 0 Å². The zero-order chi connectivity index (χ0) is 13.8. The lowest BCUT2D eigenvalue weighted by Crippen LogP contribution is -2.46. The highest BCUT2D eigenvalue weighted by Crippen LogP contribution is 2.13. The number of nitrogens with one attached hydrogen (secondary N) is 2. The van der Waals surface area contributed by atoms with Gasteiger partial charge in [0, 0.05) is 17.6 Å². The first kappa shape index (κ1) is 16.7. The van der Waals surface area contributed by atoms with E-state index in [-0.39, 0.29) is 30.1 Å². The Balaban J connectivity index is 0.00000200. The van der Waals surface area contributed by atoms with Crippen molar-refractivity contribution >= 4 is 24.1 Å². The maximum atomic E-state index is 12.3. The number of ketones is 1. The van der Waals surface area contributed by atoms with Crippen LogP contribution in [0.3, 0.4) is 0 Å². The van der Waals surface area contributed by atoms with Crippen LogP contribution in [-0.2, 0) is 0 Å². The molecule has 1 aliphatic heterocycles. The van der Waals surface area contributed by atoms with Crippen molar-refractivity contribution < 1.29 is 9.59 Å². The first-order chi connectivity index (χ1) is 9.08. The molecule has 1 aromatic rings. The van der Waals surface area contributed by atoms with Crippen molar-refractivity contribution in [3.63, 3.8) is 0 Å². The molecule has 110 valence electrons. The van der Waals surface area contributed by atoms with Gasteiger partial charge in [0.1, 0.15) is 0 Å². The fourth-order valence-electron chi connectivity index (χ4n) is 2.51. The Bertz CT molecular complexity index is 491. The second kappa shape index (κ2) is 7.41. The summed E-state index contributed by atoms with van der Waals surface area (Å²) in [7, 11) is 0. The number of amides is 1. The van der Waals surface area contributed by atoms with Gasteiger partial charge in [0.05, 0.1) is 5.56 Å². The predicted molar refractivity (Wildman–Crippen MR) is 81.6 cm³/mol. The van der Waals surface area contributed by atoms with Gasteiger partial charge in [0.2, 0.25) is 0 Å². The van der Waals surface area contributed by atoms with E-state index in [4.69, 9.17) is 0 Å². The second-order valence-corrected chi connectivity index (χ2v) is 5.15. The summed E-state index contributed by atoms with van der Waals surface area (Å²) in [6.07, 6.45) is 1.85. The maximum Gasteiger partial charge on any atom is 0.252 e. The maximum absolute atomic E-state index is 12.3. The first-order valence-electron chi connectivity index (χ1n) is 6.72. The van der Waals surface area contributed by atoms with Crippen LogP contribution in [0.1, 0.15) is 47.4 Å². The van der Waals surface area contributed by atoms with E-state index in [9.17, 15) is 9.59 Å². The van der Waals surface area contributed by atoms with Gasteiger partial charge in [-0.1, -0.05) is 18.2 Å². The number of rotatable bonds is 3. The summed E-state index contributed by atoms with van der Waals surface area (Å²) >= 11 is 0. The quantitative estimate of drug-likeness (QED) is 0.841. The summed E-state index contributed by atoms with van der Waals surface area (Å²) in [6, 6.07) is 7.57. The van der Waals surface area contributed by atoms with Crippen LogP contribution in [0.2, 0.25) is 0 Å². The van der Waals surface area contributed by atoms with Gasteiger partial charge in [0.25, 0.3) is 5.91 Å². The Hall–Kier alpha value is -1.39. The summed E-state index contributed by atoms with van der Waals surface area (Å²) in [5.74, 6) is -0.227. The lowest BCUT2D eigenvalue weighted by molar-refractivity contribution is 0.0914. The third-order valence-corrected chi connectivity index (χ3v) is 3.51. The van der Waals surface area contributed by atoms with E-state index >= 15 is 0 Å². The Labute approximate surface area is 125 Å². The van der Waals surface area contributed by atoms with Crippen LogP contribution in [0, 0.1) is 0 Å². The molecule has 5 heteroatoms. The van der Waals surface area contributed by atoms with Gasteiger partial charge in [-0.2, -0.15) is 0 Å². The largest absolute Gasteiger partial charge is 0.349 e. The van der Waals surface area contributed by atoms with Crippen LogP contribution in [0.4, 0.5) is 0 Å². The first-order valence-corrected chi connectivity index (χ1v) is 6.72. The highest BCUT2D eigenvalue weighted by molar-refractivity contribution is 6.07. The van der Waals surface area contributed by atoms with Gasteiger partial charge < -0.3 is 10.6 Å². The number of benzene rings is 1. The molecule has 0 radical (unpaired) electrons. The molecule has 0 saturated carbocycles. The van der Waals surface area contributed by atoms with Crippen LogP contribution >= 0.6 is 12.4 Å². The van der Waals surface area contributed by atoms with Gasteiger partial charge in [-0.15, -0.1) is 12.4 Å². The smallest absolute Gasteiger partial charge is 0.252 e. The molecular weight excluding hydrogens is 276 g/mol. The fraction of sp³-hybridized carbons (Fsp3) is 0.467. The molecule has 1 heterocycles. The molecule has 1 aromatic carbocycles. The molecule has 20 heavy (non-hydrogen) atoms. The summed E-state index contributed by atoms with van der Waals surface area (Å²) < 4.78 is 0. The molecule has 2 rings (SSSR count). The molecule has 0 aromatic heterocycles. The number of carbonyl (C=O) groups excluding carboxylic acids is 2. The molecule has 0 spiro atoms. The molecular formula is C15H21ClN2O2. The zero-order valence-electron chi connectivity index (χ0n) is 11.8. The third kappa shape index (κ3) is 4.05. The second-order valence-electron chi connectivity index (χ2n) is 5.15. The average Bonchev–Trinajstić information content (AvgIpc) is 2.38. The van der Waals surface area contributed by atoms with Crippen molar-refractivity contribution in [2.75, 3.05) is 6.54 Å². The molecule has 1 amide bonds. The van der Waals surface area contributed by atoms with Crippen molar-refractivity contribution in [1.82, 2.24) is 10.6 Å². The van der Waals surface area contributed by atoms with Crippen molar-refractivity contribution in [2.24, 2.45) is 0 Å². The van der Waals surface area contributed by atoms with E-state index in [1.165, 1.54) is 6.92 Å². The van der Waals surface area contributed by atoms with Crippen molar-refractivity contribution in [3.8, 4) is 0 Å². The Morgan fingerprint density at radius 2 is 1.90 bits per heavy atom. The van der Waals surface area contributed by atoms with Gasteiger partial charge in [0.15, 0.2) is 5.78 Å². The number of piperidine rings is 1. The predicted octanol–water partition coefficient (Wildman–Crippen LogP) is 2.18. The third-order valence-electron chi connectivity index (χ3n) is 3.51. The number of hydrogen-bond acceptors (Lipinski definition) is 3. The van der Waals surface area contributed by atoms with Crippen LogP contribution in [0.5, 0.6) is 0 Å². The molecule has 2 N–H and O–H groups in total. The topological polar surface area (TPSA) is 58.2 Å². The average molecular weight is 297 g/mol. The van der Waals surface area contributed by atoms with Crippen molar-refractivity contribution in [3.05, 3.63) is 35.4 Å². The standard InChI is InChI=1S/C15H20N2O2.ClH/c1-10-9-12(7-8-16-10)17-15(19)14-6-4-3-5-13(14)11(2)18;/h3-6,10,12,16H,7-9H2,1-2H3,(H,17,19);1H. The van der Waals surface area contributed by atoms with E-state index in [1.54, 1.807) is 24.3 Å². The lowest BCUT2D eigenvalue weighted by Gasteiger charge is -2.28. The molecule has 4 nitrogen and oxygen atoms in total. The number of hydrogen-bond donors (Lipinski definition) is 2. The zero-order valence-corrected chi connectivity index (χ0v) is 12.6. The summed E-state index contributed by atoms with van der Waals surface area (Å²) in [6.45, 7) is 4.51. The van der Waals surface area contributed by atoms with E-state index in [0.29, 0.717) is 17.2 Å². The Morgan fingerprint density at radius 3 is 2.50 bits per heavy atom. The monoisotopic (exact) mass is 296 g/mol. The molecule has 2 atom stereocenters. The summed E-state index contributed by atoms with van der Waals surface area (Å²) in [5, 5.41) is 6.38. The molecule has 2 unspecified atom stereocenters. The summed E-state index contributed by atoms with van der Waals surface area (Å²) in [4.78, 5) is 23.8. The van der Waals surface area contributed by atoms with Gasteiger partial charge in [-0.3, -0.25) is 9.59 Å². The minimum absolute atomic E-state index is 0. The Morgan fingerprint density at radius 1 is 1.25 bits per heavy atom. The van der Waals surface area contributed by atoms with Crippen LogP contribution in [-0.4, -0.2) is 30.3 Å². The van der Waals surface area contributed by atoms with Crippen LogP contribution < -0.4 is 10.6 Å². The van der Waals surface area contributed by atoms with Gasteiger partial charge >= 0.3 is 0 Å². The molecule has 1 aliphatic rings. The highest BCUT2D eigenvalue weighted by Gasteiger charge is 2.22. The van der Waals surface area contributed by atoms with Crippen molar-refractivity contribution in [2.45, 2.75) is 38.8 Å². The molecule has 1 saturated heterocycles. The molecule has 0 aliphatic carbocycles. The normalized spacial score (nSPS) is 21.7. The van der Waals surface area contributed by atoms with Crippen molar-refractivity contribution in [1.29, 1.82) is 0 Å². The van der Waals surface area contributed by atoms with Gasteiger partial charge in [-0.25, -0.2) is 0 Å². The van der Waals surface area contributed by atoms with E-state index in [2.05, 4.69) is 17.6 Å². The van der Waals surface area contributed by atoms with Crippen LogP contribution in [0.15, 0.2) is 24.3 Å². The number of carbonyl (C=O) groups is 2. The highest BCUT2D eigenvalue weighted by atomic mass is 35.5. The molecule has 0 bridgehead atoms. The minimum atomic E-state index is -0.148. The fourth-order valence-corrected chi connectivity index (χ4v) is 2.51. The number of Topliss-reactive ketones (excluding diaryl/α,β-unsaturated/α-hetero) is 1.